The van der Waals surface area contributed by atoms with Crippen LogP contribution < -0.4 is 10.6 Å². The topological polar surface area (TPSA) is 41.1 Å². The lowest BCUT2D eigenvalue weighted by Gasteiger charge is -2.22. The van der Waals surface area contributed by atoms with Crippen LogP contribution in [0.4, 0.5) is 18.9 Å². The maximum atomic E-state index is 13.3. The molecule has 2 rings (SSSR count). The van der Waals surface area contributed by atoms with Crippen molar-refractivity contribution in [3.63, 3.8) is 0 Å². The zero-order valence-electron chi connectivity index (χ0n) is 11.0. The Morgan fingerprint density at radius 2 is 1.70 bits per heavy atom. The number of carbonyl (C=O) groups excluding carboxylic acids is 1. The monoisotopic (exact) mass is 286 g/mol. The number of carbonyl (C=O) groups is 1. The first-order valence-corrected chi connectivity index (χ1v) is 6.74. The molecule has 1 aromatic rings. The molecule has 0 spiro atoms. The Bertz CT molecular complexity index is 488. The van der Waals surface area contributed by atoms with Crippen molar-refractivity contribution in [2.75, 3.05) is 11.9 Å². The number of benzene rings is 1. The van der Waals surface area contributed by atoms with E-state index in [0.717, 1.165) is 25.7 Å². The second kappa shape index (κ2) is 6.63. The molecule has 1 saturated carbocycles. The highest BCUT2D eigenvalue weighted by Gasteiger charge is 2.16. The molecule has 1 fully saturated rings. The summed E-state index contributed by atoms with van der Waals surface area (Å²) < 4.78 is 39.1. The molecule has 3 nitrogen and oxygen atoms in total. The van der Waals surface area contributed by atoms with E-state index in [-0.39, 0.29) is 24.2 Å². The second-order valence-electron chi connectivity index (χ2n) is 5.00. The summed E-state index contributed by atoms with van der Waals surface area (Å²) in [6, 6.07) is 1.32. The molecule has 0 bridgehead atoms. The quantitative estimate of drug-likeness (QED) is 0.836. The van der Waals surface area contributed by atoms with E-state index in [0.29, 0.717) is 12.1 Å². The van der Waals surface area contributed by atoms with Gasteiger partial charge in [0, 0.05) is 18.2 Å². The minimum absolute atomic E-state index is 0.160. The third kappa shape index (κ3) is 3.88. The molecular formula is C14H17F3N2O. The Balaban J connectivity index is 1.85. The normalized spacial score (nSPS) is 15.9. The van der Waals surface area contributed by atoms with Crippen molar-refractivity contribution in [3.8, 4) is 0 Å². The van der Waals surface area contributed by atoms with Crippen LogP contribution in [0.1, 0.15) is 32.1 Å². The number of hydrogen-bond donors (Lipinski definition) is 2. The Labute approximate surface area is 115 Å². The molecule has 0 atom stereocenters. The van der Waals surface area contributed by atoms with Crippen LogP contribution in [0.5, 0.6) is 0 Å². The molecule has 110 valence electrons. The second-order valence-corrected chi connectivity index (χ2v) is 5.00. The van der Waals surface area contributed by atoms with Crippen LogP contribution in [0.3, 0.4) is 0 Å². The third-order valence-electron chi connectivity index (χ3n) is 3.42. The molecule has 2 N–H and O–H groups in total. The smallest absolute Gasteiger partial charge is 0.239 e. The summed E-state index contributed by atoms with van der Waals surface area (Å²) in [5.41, 5.74) is -0.220. The summed E-state index contributed by atoms with van der Waals surface area (Å²) in [6.07, 6.45) is 5.27. The summed E-state index contributed by atoms with van der Waals surface area (Å²) in [6.45, 7) is -0.168. The van der Waals surface area contributed by atoms with Gasteiger partial charge in [-0.15, -0.1) is 0 Å². The maximum absolute atomic E-state index is 13.3. The predicted octanol–water partition coefficient (Wildman–Crippen LogP) is 2.96. The van der Waals surface area contributed by atoms with Gasteiger partial charge in [-0.1, -0.05) is 19.3 Å². The number of halogens is 3. The van der Waals surface area contributed by atoms with E-state index in [2.05, 4.69) is 10.6 Å². The summed E-state index contributed by atoms with van der Waals surface area (Å²) in [4.78, 5) is 11.7. The summed E-state index contributed by atoms with van der Waals surface area (Å²) >= 11 is 0. The van der Waals surface area contributed by atoms with Crippen molar-refractivity contribution in [2.45, 2.75) is 38.1 Å². The van der Waals surface area contributed by atoms with Crippen molar-refractivity contribution in [3.05, 3.63) is 29.6 Å². The van der Waals surface area contributed by atoms with Gasteiger partial charge in [0.1, 0.15) is 5.82 Å². The molecule has 0 aromatic heterocycles. The Kier molecular flexibility index (Phi) is 4.87. The van der Waals surface area contributed by atoms with Crippen molar-refractivity contribution in [1.82, 2.24) is 5.32 Å². The Morgan fingerprint density at radius 3 is 2.40 bits per heavy atom. The van der Waals surface area contributed by atoms with Crippen LogP contribution in [0.2, 0.25) is 0 Å². The zero-order chi connectivity index (χ0) is 14.5. The lowest BCUT2D eigenvalue weighted by atomic mass is 9.95. The number of rotatable bonds is 4. The van der Waals surface area contributed by atoms with Gasteiger partial charge in [0.05, 0.1) is 12.2 Å². The highest BCUT2D eigenvalue weighted by molar-refractivity contribution is 5.81. The van der Waals surface area contributed by atoms with Gasteiger partial charge >= 0.3 is 0 Å². The van der Waals surface area contributed by atoms with Crippen LogP contribution >= 0.6 is 0 Å². The van der Waals surface area contributed by atoms with Crippen LogP contribution in [-0.2, 0) is 4.79 Å². The van der Waals surface area contributed by atoms with Gasteiger partial charge in [-0.3, -0.25) is 4.79 Å². The summed E-state index contributed by atoms with van der Waals surface area (Å²) in [7, 11) is 0. The summed E-state index contributed by atoms with van der Waals surface area (Å²) in [5, 5.41) is 5.32. The summed E-state index contributed by atoms with van der Waals surface area (Å²) in [5.74, 6) is -3.60. The predicted molar refractivity (Wildman–Crippen MR) is 69.8 cm³/mol. The van der Waals surface area contributed by atoms with Crippen molar-refractivity contribution < 1.29 is 18.0 Å². The average molecular weight is 286 g/mol. The molecule has 1 aliphatic carbocycles. The van der Waals surface area contributed by atoms with Gasteiger partial charge in [-0.2, -0.15) is 0 Å². The fourth-order valence-electron chi connectivity index (χ4n) is 2.36. The largest absolute Gasteiger partial charge is 0.374 e. The lowest BCUT2D eigenvalue weighted by Crippen LogP contribution is -2.39. The van der Waals surface area contributed by atoms with Gasteiger partial charge < -0.3 is 10.6 Å². The van der Waals surface area contributed by atoms with E-state index in [9.17, 15) is 18.0 Å². The first-order valence-electron chi connectivity index (χ1n) is 6.74. The molecule has 0 heterocycles. The molecule has 0 unspecified atom stereocenters. The van der Waals surface area contributed by atoms with Crippen LogP contribution in [0.15, 0.2) is 12.1 Å². The molecule has 20 heavy (non-hydrogen) atoms. The fourth-order valence-corrected chi connectivity index (χ4v) is 2.36. The number of hydrogen-bond acceptors (Lipinski definition) is 2. The van der Waals surface area contributed by atoms with Gasteiger partial charge in [0.25, 0.3) is 0 Å². The number of nitrogens with one attached hydrogen (secondary N) is 2. The van der Waals surface area contributed by atoms with E-state index in [1.54, 1.807) is 0 Å². The van der Waals surface area contributed by atoms with Crippen LogP contribution in [0, 0.1) is 17.5 Å². The Hall–Kier alpha value is -1.72. The third-order valence-corrected chi connectivity index (χ3v) is 3.42. The molecular weight excluding hydrogens is 269 g/mol. The van der Waals surface area contributed by atoms with E-state index < -0.39 is 17.5 Å². The minimum Gasteiger partial charge on any atom is -0.374 e. The molecule has 1 aliphatic rings. The van der Waals surface area contributed by atoms with Gasteiger partial charge in [-0.05, 0) is 12.8 Å². The maximum Gasteiger partial charge on any atom is 0.239 e. The molecule has 6 heteroatoms. The van der Waals surface area contributed by atoms with E-state index in [4.69, 9.17) is 0 Å². The number of anilines is 1. The van der Waals surface area contributed by atoms with E-state index in [1.165, 1.54) is 6.42 Å². The molecule has 0 radical (unpaired) electrons. The molecule has 1 aromatic carbocycles. The fraction of sp³-hybridized carbons (Fsp3) is 0.500. The molecule has 1 amide bonds. The van der Waals surface area contributed by atoms with Crippen molar-refractivity contribution in [1.29, 1.82) is 0 Å². The standard InChI is InChI=1S/C14H17F3N2O/c15-10-6-12(17)13(7-11(10)16)18-8-14(20)19-9-4-2-1-3-5-9/h6-7,9,18H,1-5,8H2,(H,19,20). The van der Waals surface area contributed by atoms with Crippen molar-refractivity contribution >= 4 is 11.6 Å². The highest BCUT2D eigenvalue weighted by atomic mass is 19.2. The zero-order valence-corrected chi connectivity index (χ0v) is 11.0. The van der Waals surface area contributed by atoms with Crippen LogP contribution in [-0.4, -0.2) is 18.5 Å². The lowest BCUT2D eigenvalue weighted by molar-refractivity contribution is -0.120. The number of amides is 1. The first-order chi connectivity index (χ1) is 9.56. The minimum atomic E-state index is -1.25. The first kappa shape index (κ1) is 14.7. The van der Waals surface area contributed by atoms with Crippen molar-refractivity contribution in [2.24, 2.45) is 0 Å². The van der Waals surface area contributed by atoms with Gasteiger partial charge in [-0.25, -0.2) is 13.2 Å². The van der Waals surface area contributed by atoms with Gasteiger partial charge in [0.2, 0.25) is 5.91 Å². The SMILES string of the molecule is O=C(CNc1cc(F)c(F)cc1F)NC1CCCCC1. The van der Waals surface area contributed by atoms with E-state index >= 15 is 0 Å². The van der Waals surface area contributed by atoms with Gasteiger partial charge in [0.15, 0.2) is 11.6 Å². The molecule has 0 saturated heterocycles. The molecule has 0 aliphatic heterocycles. The highest BCUT2D eigenvalue weighted by Crippen LogP contribution is 2.19. The Morgan fingerprint density at radius 1 is 1.05 bits per heavy atom. The average Bonchev–Trinajstić information content (AvgIpc) is 2.42. The van der Waals surface area contributed by atoms with Crippen LogP contribution in [0.25, 0.3) is 0 Å². The van der Waals surface area contributed by atoms with E-state index in [1.807, 2.05) is 0 Å².